The molecule has 0 spiro atoms. The lowest BCUT2D eigenvalue weighted by Gasteiger charge is -2.18. The van der Waals surface area contributed by atoms with Crippen molar-refractivity contribution < 1.29 is 0 Å². The number of aromatic nitrogens is 4. The molecule has 3 aromatic heterocycles. The number of benzene rings is 6. The summed E-state index contributed by atoms with van der Waals surface area (Å²) in [5.41, 5.74) is 7.83. The Morgan fingerprint density at radius 2 is 1.14 bits per heavy atom. The Morgan fingerprint density at radius 3 is 1.90 bits per heavy atom. The third kappa shape index (κ3) is 4.86. The van der Waals surface area contributed by atoms with Crippen LogP contribution in [-0.2, 0) is 0 Å². The summed E-state index contributed by atoms with van der Waals surface area (Å²) in [6.45, 7) is 0. The maximum Gasteiger partial charge on any atom is 0.164 e. The van der Waals surface area contributed by atoms with Crippen LogP contribution in [0.4, 0.5) is 0 Å². The second-order valence-corrected chi connectivity index (χ2v) is 13.9. The van der Waals surface area contributed by atoms with E-state index in [2.05, 4.69) is 150 Å². The van der Waals surface area contributed by atoms with Crippen LogP contribution in [-0.4, -0.2) is 19.5 Å². The molecule has 1 atom stereocenters. The van der Waals surface area contributed by atoms with Gasteiger partial charge in [-0.15, -0.1) is 11.3 Å². The van der Waals surface area contributed by atoms with Gasteiger partial charge in [0.1, 0.15) is 0 Å². The minimum atomic E-state index is 0.205. The van der Waals surface area contributed by atoms with Crippen LogP contribution in [0.3, 0.4) is 0 Å². The molecule has 5 heteroatoms. The summed E-state index contributed by atoms with van der Waals surface area (Å²) in [6, 6.07) is 51.7. The van der Waals surface area contributed by atoms with Gasteiger partial charge in [0, 0.05) is 59.3 Å². The fourth-order valence-electron chi connectivity index (χ4n) is 7.35. The number of hydrogen-bond acceptors (Lipinski definition) is 4. The van der Waals surface area contributed by atoms with Crippen LogP contribution in [0.2, 0.25) is 0 Å². The molecule has 6 aromatic carbocycles. The van der Waals surface area contributed by atoms with E-state index in [1.165, 1.54) is 47.5 Å². The van der Waals surface area contributed by atoms with Gasteiger partial charge in [0.15, 0.2) is 17.5 Å². The number of para-hydroxylation sites is 2. The zero-order valence-electron chi connectivity index (χ0n) is 27.1. The lowest BCUT2D eigenvalue weighted by molar-refractivity contribution is 0.853. The summed E-state index contributed by atoms with van der Waals surface area (Å²) >= 11 is 1.82. The van der Waals surface area contributed by atoms with Crippen LogP contribution in [0.5, 0.6) is 0 Å². The van der Waals surface area contributed by atoms with Crippen molar-refractivity contribution in [1.29, 1.82) is 0 Å². The lowest BCUT2D eigenvalue weighted by atomic mass is 9.89. The van der Waals surface area contributed by atoms with Gasteiger partial charge in [0.2, 0.25) is 0 Å². The van der Waals surface area contributed by atoms with E-state index in [1.54, 1.807) is 0 Å². The van der Waals surface area contributed by atoms with Crippen molar-refractivity contribution in [2.45, 2.75) is 12.3 Å². The molecular weight excluding hydrogens is 629 g/mol. The molecule has 9 aromatic rings. The Hall–Kier alpha value is -6.17. The van der Waals surface area contributed by atoms with E-state index in [1.807, 2.05) is 29.5 Å². The highest BCUT2D eigenvalue weighted by atomic mass is 32.1. The van der Waals surface area contributed by atoms with E-state index in [-0.39, 0.29) is 5.92 Å². The van der Waals surface area contributed by atoms with Crippen LogP contribution in [0.25, 0.3) is 76.0 Å². The number of thiophene rings is 1. The molecule has 1 aliphatic rings. The summed E-state index contributed by atoms with van der Waals surface area (Å²) in [5.74, 6) is 2.24. The lowest BCUT2D eigenvalue weighted by Crippen LogP contribution is -2.05. The molecule has 0 aliphatic heterocycles. The number of nitrogens with zero attached hydrogens (tertiary/aromatic N) is 4. The first-order valence-corrected chi connectivity index (χ1v) is 17.8. The van der Waals surface area contributed by atoms with Gasteiger partial charge in [0.25, 0.3) is 0 Å². The maximum atomic E-state index is 5.12. The van der Waals surface area contributed by atoms with E-state index in [4.69, 9.17) is 15.0 Å². The van der Waals surface area contributed by atoms with Crippen molar-refractivity contribution >= 4 is 58.9 Å². The van der Waals surface area contributed by atoms with Gasteiger partial charge in [-0.05, 0) is 60.5 Å². The Kier molecular flexibility index (Phi) is 6.78. The van der Waals surface area contributed by atoms with E-state index < -0.39 is 0 Å². The van der Waals surface area contributed by atoms with Crippen molar-refractivity contribution in [3.63, 3.8) is 0 Å². The number of hydrogen-bond donors (Lipinski definition) is 0. The summed E-state index contributed by atoms with van der Waals surface area (Å²) in [7, 11) is 0. The largest absolute Gasteiger partial charge is 0.309 e. The van der Waals surface area contributed by atoms with E-state index in [9.17, 15) is 0 Å². The molecule has 0 amide bonds. The van der Waals surface area contributed by atoms with Crippen molar-refractivity contribution in [1.82, 2.24) is 19.5 Å². The highest BCUT2D eigenvalue weighted by molar-refractivity contribution is 7.25. The number of fused-ring (bicyclic) bond motifs is 6. The Balaban J connectivity index is 1.04. The zero-order valence-corrected chi connectivity index (χ0v) is 27.9. The minimum absolute atomic E-state index is 0.205. The molecule has 1 unspecified atom stereocenters. The molecule has 10 rings (SSSR count). The maximum absolute atomic E-state index is 5.12. The van der Waals surface area contributed by atoms with Crippen molar-refractivity contribution in [3.8, 4) is 28.5 Å². The van der Waals surface area contributed by atoms with E-state index in [0.717, 1.165) is 28.8 Å². The zero-order chi connectivity index (χ0) is 33.0. The van der Waals surface area contributed by atoms with Crippen molar-refractivity contribution in [3.05, 3.63) is 175 Å². The summed E-state index contributed by atoms with van der Waals surface area (Å²) in [4.78, 5) is 15.2. The first kappa shape index (κ1) is 28.8. The van der Waals surface area contributed by atoms with Crippen molar-refractivity contribution in [2.24, 2.45) is 0 Å². The Labute approximate surface area is 293 Å². The monoisotopic (exact) mass is 658 g/mol. The molecule has 1 aliphatic carbocycles. The molecule has 236 valence electrons. The normalized spacial score (nSPS) is 14.6. The SMILES string of the molecule is C1=CC(c2nc(-c3ccccc3)nc(-c3ccc4sc5ccccc5c4c3)n2)=CC(c2ccc(-n3c4ccccc4c4ccccc43)cc2)C1. The van der Waals surface area contributed by atoms with Crippen LogP contribution in [0.1, 0.15) is 23.7 Å². The Morgan fingerprint density at radius 1 is 0.520 bits per heavy atom. The van der Waals surface area contributed by atoms with Gasteiger partial charge < -0.3 is 4.57 Å². The van der Waals surface area contributed by atoms with E-state index >= 15 is 0 Å². The summed E-state index contributed by atoms with van der Waals surface area (Å²) in [6.07, 6.45) is 7.64. The Bertz CT molecular complexity index is 2730. The molecule has 3 heterocycles. The standard InChI is InChI=1S/C45H30N4S/c1-2-11-30(12-3-1)43-46-44(48-45(47-43)33-23-26-42-38(28-33)37-17-6-9-20-41(37)50-42)32-14-10-13-31(27-32)29-21-24-34(25-22-29)49-39-18-7-4-15-35(39)36-16-5-8-19-40(36)49/h1-12,14-28,31H,13H2. The molecule has 0 N–H and O–H groups in total. The van der Waals surface area contributed by atoms with Gasteiger partial charge >= 0.3 is 0 Å². The average molecular weight is 659 g/mol. The third-order valence-corrected chi connectivity index (χ3v) is 10.9. The van der Waals surface area contributed by atoms with Crippen LogP contribution < -0.4 is 0 Å². The third-order valence-electron chi connectivity index (χ3n) is 9.79. The molecule has 0 saturated carbocycles. The number of rotatable bonds is 5. The quantitative estimate of drug-likeness (QED) is 0.185. The first-order chi connectivity index (χ1) is 24.8. The first-order valence-electron chi connectivity index (χ1n) is 17.0. The molecule has 0 saturated heterocycles. The van der Waals surface area contributed by atoms with Crippen LogP contribution >= 0.6 is 11.3 Å². The molecular formula is C45H30N4S. The minimum Gasteiger partial charge on any atom is -0.309 e. The number of allylic oxidation sites excluding steroid dienone is 4. The van der Waals surface area contributed by atoms with Crippen LogP contribution in [0, 0.1) is 0 Å². The predicted octanol–water partition coefficient (Wildman–Crippen LogP) is 11.8. The molecule has 0 bridgehead atoms. The van der Waals surface area contributed by atoms with Gasteiger partial charge in [0.05, 0.1) is 11.0 Å². The summed E-state index contributed by atoms with van der Waals surface area (Å²) < 4.78 is 4.91. The summed E-state index contributed by atoms with van der Waals surface area (Å²) in [5, 5.41) is 5.03. The second kappa shape index (κ2) is 11.8. The topological polar surface area (TPSA) is 43.6 Å². The predicted molar refractivity (Wildman–Crippen MR) is 209 cm³/mol. The highest BCUT2D eigenvalue weighted by Crippen LogP contribution is 2.38. The fourth-order valence-corrected chi connectivity index (χ4v) is 8.44. The van der Waals surface area contributed by atoms with Gasteiger partial charge in [-0.2, -0.15) is 0 Å². The molecule has 50 heavy (non-hydrogen) atoms. The molecule has 0 fully saturated rings. The highest BCUT2D eigenvalue weighted by Gasteiger charge is 2.19. The average Bonchev–Trinajstić information content (AvgIpc) is 3.74. The molecule has 0 radical (unpaired) electrons. The van der Waals surface area contributed by atoms with Gasteiger partial charge in [-0.1, -0.05) is 115 Å². The van der Waals surface area contributed by atoms with Crippen molar-refractivity contribution in [2.75, 3.05) is 0 Å². The molecule has 4 nitrogen and oxygen atoms in total. The van der Waals surface area contributed by atoms with E-state index in [0.29, 0.717) is 17.5 Å². The van der Waals surface area contributed by atoms with Gasteiger partial charge in [-0.3, -0.25) is 0 Å². The fraction of sp³-hybridized carbons (Fsp3) is 0.0444. The van der Waals surface area contributed by atoms with Crippen LogP contribution in [0.15, 0.2) is 164 Å². The van der Waals surface area contributed by atoms with Gasteiger partial charge in [-0.25, -0.2) is 15.0 Å². The second-order valence-electron chi connectivity index (χ2n) is 12.8. The smallest absolute Gasteiger partial charge is 0.164 e.